The van der Waals surface area contributed by atoms with Crippen LogP contribution < -0.4 is 10.2 Å². The van der Waals surface area contributed by atoms with Crippen LogP contribution in [0.4, 0.5) is 5.69 Å². The van der Waals surface area contributed by atoms with E-state index in [9.17, 15) is 14.9 Å². The first-order chi connectivity index (χ1) is 13.0. The van der Waals surface area contributed by atoms with Gasteiger partial charge in [-0.25, -0.2) is 5.43 Å². The number of hydrogen-bond acceptors (Lipinski definition) is 6. The quantitative estimate of drug-likeness (QED) is 0.411. The van der Waals surface area contributed by atoms with E-state index < -0.39 is 16.9 Å². The van der Waals surface area contributed by atoms with Gasteiger partial charge in [0.2, 0.25) is 0 Å². The summed E-state index contributed by atoms with van der Waals surface area (Å²) in [5, 5.41) is 15.4. The monoisotopic (exact) mass is 364 g/mol. The Balaban J connectivity index is 1.61. The van der Waals surface area contributed by atoms with Crippen LogP contribution in [0.2, 0.25) is 0 Å². The number of pyridine rings is 1. The molecule has 0 radical (unpaired) electrons. The Kier molecular flexibility index (Phi) is 5.36. The van der Waals surface area contributed by atoms with Gasteiger partial charge in [-0.15, -0.1) is 0 Å². The van der Waals surface area contributed by atoms with Crippen molar-refractivity contribution in [1.82, 2.24) is 10.4 Å². The number of ether oxygens (including phenoxy) is 1. The molecule has 1 atom stereocenters. The van der Waals surface area contributed by atoms with Crippen molar-refractivity contribution in [3.05, 3.63) is 76.5 Å². The lowest BCUT2D eigenvalue weighted by atomic mass is 10.2. The third-order valence-electron chi connectivity index (χ3n) is 3.76. The van der Waals surface area contributed by atoms with E-state index in [4.69, 9.17) is 4.74 Å². The van der Waals surface area contributed by atoms with Gasteiger partial charge >= 0.3 is 0 Å². The number of nitro benzene ring substituents is 1. The molecule has 8 heteroatoms. The number of non-ortho nitro benzene ring substituents is 1. The van der Waals surface area contributed by atoms with Crippen LogP contribution in [-0.4, -0.2) is 28.1 Å². The van der Waals surface area contributed by atoms with Gasteiger partial charge in [0, 0.05) is 23.7 Å². The largest absolute Gasteiger partial charge is 0.479 e. The van der Waals surface area contributed by atoms with Crippen LogP contribution in [0.1, 0.15) is 12.5 Å². The lowest BCUT2D eigenvalue weighted by molar-refractivity contribution is -0.384. The van der Waals surface area contributed by atoms with Crippen molar-refractivity contribution in [3.8, 4) is 5.75 Å². The second-order valence-corrected chi connectivity index (χ2v) is 5.67. The number of amides is 1. The van der Waals surface area contributed by atoms with Crippen LogP contribution in [-0.2, 0) is 4.79 Å². The van der Waals surface area contributed by atoms with Crippen LogP contribution in [0.15, 0.2) is 65.9 Å². The highest BCUT2D eigenvalue weighted by molar-refractivity contribution is 5.86. The maximum Gasteiger partial charge on any atom is 0.280 e. The molecular formula is C19H16N4O4. The van der Waals surface area contributed by atoms with Crippen molar-refractivity contribution in [1.29, 1.82) is 0 Å². The lowest BCUT2D eigenvalue weighted by Gasteiger charge is -2.14. The maximum atomic E-state index is 12.2. The molecule has 0 bridgehead atoms. The van der Waals surface area contributed by atoms with E-state index in [1.54, 1.807) is 19.2 Å². The zero-order valence-corrected chi connectivity index (χ0v) is 14.4. The summed E-state index contributed by atoms with van der Waals surface area (Å²) < 4.78 is 5.71. The van der Waals surface area contributed by atoms with Gasteiger partial charge in [-0.05, 0) is 36.8 Å². The van der Waals surface area contributed by atoms with Crippen LogP contribution in [0.3, 0.4) is 0 Å². The highest BCUT2D eigenvalue weighted by atomic mass is 16.6. The Morgan fingerprint density at radius 3 is 2.70 bits per heavy atom. The van der Waals surface area contributed by atoms with Crippen LogP contribution in [0.5, 0.6) is 5.75 Å². The summed E-state index contributed by atoms with van der Waals surface area (Å²) in [5.74, 6) is 0.0798. The summed E-state index contributed by atoms with van der Waals surface area (Å²) >= 11 is 0. The fourth-order valence-corrected chi connectivity index (χ4v) is 2.36. The molecule has 0 fully saturated rings. The van der Waals surface area contributed by atoms with Crippen LogP contribution >= 0.6 is 0 Å². The fraction of sp³-hybridized carbons (Fsp3) is 0.105. The summed E-state index contributed by atoms with van der Waals surface area (Å²) in [6, 6.07) is 15.0. The number of nitrogens with one attached hydrogen (secondary N) is 1. The molecule has 2 aromatic carbocycles. The number of benzene rings is 2. The molecular weight excluding hydrogens is 348 g/mol. The number of carbonyl (C=O) groups excluding carboxylic acids is 1. The summed E-state index contributed by atoms with van der Waals surface area (Å²) in [6.45, 7) is 1.61. The summed E-state index contributed by atoms with van der Waals surface area (Å²) in [5.41, 5.74) is 3.67. The Morgan fingerprint density at radius 2 is 1.96 bits per heavy atom. The predicted octanol–water partition coefficient (Wildman–Crippen LogP) is 3.06. The van der Waals surface area contributed by atoms with Crippen molar-refractivity contribution < 1.29 is 14.5 Å². The van der Waals surface area contributed by atoms with Gasteiger partial charge in [-0.2, -0.15) is 5.10 Å². The van der Waals surface area contributed by atoms with Gasteiger partial charge in [0.1, 0.15) is 11.3 Å². The number of hydrogen-bond donors (Lipinski definition) is 1. The molecule has 0 aliphatic carbocycles. The van der Waals surface area contributed by atoms with Gasteiger partial charge < -0.3 is 4.74 Å². The smallest absolute Gasteiger partial charge is 0.280 e. The average molecular weight is 364 g/mol. The second kappa shape index (κ2) is 8.05. The number of carbonyl (C=O) groups is 1. The predicted molar refractivity (Wildman–Crippen MR) is 101 cm³/mol. The molecule has 3 aromatic rings. The minimum absolute atomic E-state index is 0.0121. The van der Waals surface area contributed by atoms with E-state index in [0.29, 0.717) is 16.8 Å². The minimum atomic E-state index is -0.786. The Bertz CT molecular complexity index is 997. The second-order valence-electron chi connectivity index (χ2n) is 5.67. The van der Waals surface area contributed by atoms with Gasteiger partial charge in [0.15, 0.2) is 6.10 Å². The zero-order valence-electron chi connectivity index (χ0n) is 14.4. The maximum absolute atomic E-state index is 12.2. The number of aromatic nitrogens is 1. The molecule has 1 heterocycles. The molecule has 0 saturated heterocycles. The first kappa shape index (κ1) is 18.0. The number of fused-ring (bicyclic) bond motifs is 1. The number of nitrogens with zero attached hydrogens (tertiary/aromatic N) is 3. The normalized spacial score (nSPS) is 12.0. The molecule has 0 spiro atoms. The standard InChI is InChI=1S/C19H16N4O4/c1-13(27-17-6-2-4-15-5-3-11-20-18(15)17)19(24)22-21-12-14-7-9-16(10-8-14)23(25)26/h2-13H,1H3,(H,22,24). The van der Waals surface area contributed by atoms with Crippen LogP contribution in [0, 0.1) is 10.1 Å². The molecule has 0 aliphatic heterocycles. The van der Waals surface area contributed by atoms with Crippen LogP contribution in [0.25, 0.3) is 10.9 Å². The summed E-state index contributed by atoms with van der Waals surface area (Å²) in [4.78, 5) is 26.6. The summed E-state index contributed by atoms with van der Waals surface area (Å²) in [6.07, 6.45) is 2.27. The van der Waals surface area contributed by atoms with Gasteiger partial charge in [-0.1, -0.05) is 18.2 Å². The first-order valence-corrected chi connectivity index (χ1v) is 8.12. The molecule has 1 N–H and O–H groups in total. The van der Waals surface area contributed by atoms with Crippen molar-refractivity contribution in [2.75, 3.05) is 0 Å². The Hall–Kier alpha value is -3.81. The van der Waals surface area contributed by atoms with E-state index in [-0.39, 0.29) is 5.69 Å². The number of para-hydroxylation sites is 1. The highest BCUT2D eigenvalue weighted by Gasteiger charge is 2.15. The highest BCUT2D eigenvalue weighted by Crippen LogP contribution is 2.23. The van der Waals surface area contributed by atoms with Gasteiger partial charge in [-0.3, -0.25) is 19.9 Å². The number of nitro groups is 1. The van der Waals surface area contributed by atoms with E-state index in [0.717, 1.165) is 5.39 Å². The molecule has 0 aliphatic rings. The third kappa shape index (κ3) is 4.43. The Labute approximate surface area is 154 Å². The van der Waals surface area contributed by atoms with Crippen molar-refractivity contribution >= 4 is 28.7 Å². The Morgan fingerprint density at radius 1 is 1.22 bits per heavy atom. The van der Waals surface area contributed by atoms with E-state index >= 15 is 0 Å². The third-order valence-corrected chi connectivity index (χ3v) is 3.76. The topological polar surface area (TPSA) is 107 Å². The van der Waals surface area contributed by atoms with Gasteiger partial charge in [0.05, 0.1) is 11.1 Å². The molecule has 3 rings (SSSR count). The van der Waals surface area contributed by atoms with Crippen molar-refractivity contribution in [2.24, 2.45) is 5.10 Å². The molecule has 1 unspecified atom stereocenters. The molecule has 8 nitrogen and oxygen atoms in total. The number of rotatable bonds is 6. The average Bonchev–Trinajstić information content (AvgIpc) is 2.68. The van der Waals surface area contributed by atoms with Crippen molar-refractivity contribution in [3.63, 3.8) is 0 Å². The zero-order chi connectivity index (χ0) is 19.2. The fourth-order valence-electron chi connectivity index (χ4n) is 2.36. The van der Waals surface area contributed by atoms with E-state index in [1.807, 2.05) is 24.3 Å². The van der Waals surface area contributed by atoms with Gasteiger partial charge in [0.25, 0.3) is 11.6 Å². The number of hydrazone groups is 1. The molecule has 136 valence electrons. The minimum Gasteiger partial charge on any atom is -0.479 e. The lowest BCUT2D eigenvalue weighted by Crippen LogP contribution is -2.33. The molecule has 0 saturated carbocycles. The molecule has 27 heavy (non-hydrogen) atoms. The van der Waals surface area contributed by atoms with Crippen molar-refractivity contribution in [2.45, 2.75) is 13.0 Å². The SMILES string of the molecule is CC(Oc1cccc2cccnc12)C(=O)NN=Cc1ccc([N+](=O)[O-])cc1. The first-order valence-electron chi connectivity index (χ1n) is 8.12. The molecule has 1 amide bonds. The van der Waals surface area contributed by atoms with E-state index in [1.165, 1.54) is 30.5 Å². The molecule has 1 aromatic heterocycles. The summed E-state index contributed by atoms with van der Waals surface area (Å²) in [7, 11) is 0. The van der Waals surface area contributed by atoms with E-state index in [2.05, 4.69) is 15.5 Å².